The molecule has 1 saturated carbocycles. The van der Waals surface area contributed by atoms with E-state index >= 15 is 0 Å². The van der Waals surface area contributed by atoms with Crippen molar-refractivity contribution in [1.29, 1.82) is 0 Å². The first-order chi connectivity index (χ1) is 14.1. The Morgan fingerprint density at radius 3 is 2.86 bits per heavy atom. The highest BCUT2D eigenvalue weighted by Crippen LogP contribution is 2.31. The van der Waals surface area contributed by atoms with Crippen LogP contribution in [0, 0.1) is 16.0 Å². The second kappa shape index (κ2) is 8.92. The zero-order valence-electron chi connectivity index (χ0n) is 16.3. The summed E-state index contributed by atoms with van der Waals surface area (Å²) in [7, 11) is 0. The Kier molecular flexibility index (Phi) is 6.10. The lowest BCUT2D eigenvalue weighted by atomic mass is 9.97. The van der Waals surface area contributed by atoms with Crippen molar-refractivity contribution in [2.75, 3.05) is 25.0 Å². The van der Waals surface area contributed by atoms with Crippen molar-refractivity contribution < 1.29 is 9.72 Å². The van der Waals surface area contributed by atoms with Gasteiger partial charge in [-0.1, -0.05) is 6.07 Å². The number of carbonyl (C=O) groups excluding carboxylic acids is 1. The number of thiophene rings is 1. The molecule has 2 aromatic rings. The lowest BCUT2D eigenvalue weighted by molar-refractivity contribution is -0.384. The van der Waals surface area contributed by atoms with E-state index in [0.29, 0.717) is 29.8 Å². The molecule has 2 fully saturated rings. The van der Waals surface area contributed by atoms with Gasteiger partial charge in [-0.15, -0.1) is 11.3 Å². The summed E-state index contributed by atoms with van der Waals surface area (Å²) in [5.41, 5.74) is 0.791. The number of benzene rings is 1. The van der Waals surface area contributed by atoms with E-state index in [0.717, 1.165) is 45.3 Å². The van der Waals surface area contributed by atoms with Gasteiger partial charge in [-0.25, -0.2) is 0 Å². The number of amides is 1. The van der Waals surface area contributed by atoms with Gasteiger partial charge in [0.2, 0.25) is 0 Å². The smallest absolute Gasteiger partial charge is 0.293 e. The SMILES string of the molecule is O=C(NCC1CCCN(Cc2cccs2)C1)c1ccc(NC2CC2)c([N+](=O)[O-])c1. The molecule has 29 heavy (non-hydrogen) atoms. The molecule has 2 heterocycles. The molecule has 1 saturated heterocycles. The molecule has 2 aliphatic rings. The van der Waals surface area contributed by atoms with Crippen LogP contribution in [-0.4, -0.2) is 41.4 Å². The highest BCUT2D eigenvalue weighted by molar-refractivity contribution is 7.09. The van der Waals surface area contributed by atoms with Gasteiger partial charge in [0.15, 0.2) is 0 Å². The Morgan fingerprint density at radius 2 is 2.14 bits per heavy atom. The summed E-state index contributed by atoms with van der Waals surface area (Å²) in [5.74, 6) is 0.153. The first-order valence-electron chi connectivity index (χ1n) is 10.2. The minimum Gasteiger partial charge on any atom is -0.377 e. The maximum absolute atomic E-state index is 12.6. The van der Waals surface area contributed by atoms with E-state index in [-0.39, 0.29) is 11.6 Å². The number of carbonyl (C=O) groups is 1. The molecule has 1 atom stereocenters. The third kappa shape index (κ3) is 5.33. The number of anilines is 1. The third-order valence-electron chi connectivity index (χ3n) is 5.51. The molecule has 1 aromatic heterocycles. The van der Waals surface area contributed by atoms with Gasteiger partial charge in [0.25, 0.3) is 11.6 Å². The van der Waals surface area contributed by atoms with E-state index in [1.807, 2.05) is 0 Å². The van der Waals surface area contributed by atoms with Gasteiger partial charge in [-0.3, -0.25) is 19.8 Å². The van der Waals surface area contributed by atoms with Crippen molar-refractivity contribution in [2.45, 2.75) is 38.3 Å². The molecule has 154 valence electrons. The van der Waals surface area contributed by atoms with Crippen molar-refractivity contribution in [3.63, 3.8) is 0 Å². The molecule has 0 radical (unpaired) electrons. The fourth-order valence-electron chi connectivity index (χ4n) is 3.82. The minimum atomic E-state index is -0.426. The van der Waals surface area contributed by atoms with Gasteiger partial charge < -0.3 is 10.6 Å². The lowest BCUT2D eigenvalue weighted by Gasteiger charge is -2.32. The second-order valence-corrected chi connectivity index (χ2v) is 8.97. The van der Waals surface area contributed by atoms with Crippen LogP contribution in [0.4, 0.5) is 11.4 Å². The number of hydrogen-bond acceptors (Lipinski definition) is 6. The van der Waals surface area contributed by atoms with Crippen molar-refractivity contribution in [1.82, 2.24) is 10.2 Å². The zero-order chi connectivity index (χ0) is 20.2. The largest absolute Gasteiger partial charge is 0.377 e. The average molecular weight is 415 g/mol. The number of likely N-dealkylation sites (tertiary alicyclic amines) is 1. The standard InChI is InChI=1S/C21H26N4O3S/c26-21(16-5-8-19(23-17-6-7-17)20(11-16)25(27)28)22-12-15-3-1-9-24(13-15)14-18-4-2-10-29-18/h2,4-5,8,10-11,15,17,23H,1,3,6-7,9,12-14H2,(H,22,26). The van der Waals surface area contributed by atoms with E-state index in [9.17, 15) is 14.9 Å². The van der Waals surface area contributed by atoms with E-state index in [1.54, 1.807) is 23.5 Å². The molecule has 1 amide bonds. The molecule has 4 rings (SSSR count). The lowest BCUT2D eigenvalue weighted by Crippen LogP contribution is -2.40. The number of hydrogen-bond donors (Lipinski definition) is 2. The van der Waals surface area contributed by atoms with Crippen molar-refractivity contribution >= 4 is 28.6 Å². The molecule has 2 N–H and O–H groups in total. The molecular formula is C21H26N4O3S. The summed E-state index contributed by atoms with van der Waals surface area (Å²) in [5, 5.41) is 19.6. The van der Waals surface area contributed by atoms with Crippen LogP contribution in [0.5, 0.6) is 0 Å². The van der Waals surface area contributed by atoms with E-state index in [4.69, 9.17) is 0 Å². The summed E-state index contributed by atoms with van der Waals surface area (Å²) in [4.78, 5) is 27.4. The average Bonchev–Trinajstić information content (AvgIpc) is 3.39. The van der Waals surface area contributed by atoms with E-state index in [2.05, 4.69) is 33.0 Å². The molecule has 7 nitrogen and oxygen atoms in total. The highest BCUT2D eigenvalue weighted by atomic mass is 32.1. The maximum atomic E-state index is 12.6. The van der Waals surface area contributed by atoms with Gasteiger partial charge >= 0.3 is 0 Å². The molecular weight excluding hydrogens is 388 g/mol. The van der Waals surface area contributed by atoms with Gasteiger partial charge in [0.05, 0.1) is 4.92 Å². The quantitative estimate of drug-likeness (QED) is 0.506. The summed E-state index contributed by atoms with van der Waals surface area (Å²) < 4.78 is 0. The fourth-order valence-corrected chi connectivity index (χ4v) is 4.56. The number of rotatable bonds is 8. The number of nitro groups is 1. The second-order valence-electron chi connectivity index (χ2n) is 7.94. The molecule has 1 unspecified atom stereocenters. The molecule has 8 heteroatoms. The fraction of sp³-hybridized carbons (Fsp3) is 0.476. The Morgan fingerprint density at radius 1 is 1.28 bits per heavy atom. The van der Waals surface area contributed by atoms with Crippen LogP contribution in [0.3, 0.4) is 0 Å². The minimum absolute atomic E-state index is 0.0376. The number of piperidine rings is 1. The van der Waals surface area contributed by atoms with Crippen LogP contribution in [0.15, 0.2) is 35.7 Å². The monoisotopic (exact) mass is 414 g/mol. The number of nitro benzene ring substituents is 1. The maximum Gasteiger partial charge on any atom is 0.293 e. The summed E-state index contributed by atoms with van der Waals surface area (Å²) in [6.07, 6.45) is 4.28. The van der Waals surface area contributed by atoms with Gasteiger partial charge in [0, 0.05) is 42.2 Å². The molecule has 1 aliphatic heterocycles. The first kappa shape index (κ1) is 19.8. The van der Waals surface area contributed by atoms with Crippen molar-refractivity contribution in [3.8, 4) is 0 Å². The van der Waals surface area contributed by atoms with Gasteiger partial charge in [-0.2, -0.15) is 0 Å². The zero-order valence-corrected chi connectivity index (χ0v) is 17.1. The molecule has 1 aliphatic carbocycles. The van der Waals surface area contributed by atoms with Crippen LogP contribution in [0.1, 0.15) is 40.9 Å². The summed E-state index contributed by atoms with van der Waals surface area (Å²) in [6, 6.07) is 9.24. The normalized spacial score (nSPS) is 19.7. The van der Waals surface area contributed by atoms with Crippen LogP contribution < -0.4 is 10.6 Å². The van der Waals surface area contributed by atoms with Crippen LogP contribution >= 0.6 is 11.3 Å². The Hall–Kier alpha value is -2.45. The summed E-state index contributed by atoms with van der Waals surface area (Å²) in [6.45, 7) is 3.60. The van der Waals surface area contributed by atoms with Crippen molar-refractivity contribution in [2.24, 2.45) is 5.92 Å². The Bertz CT molecular complexity index is 867. The van der Waals surface area contributed by atoms with Gasteiger partial charge in [-0.05, 0) is 61.7 Å². The predicted molar refractivity (Wildman–Crippen MR) is 114 cm³/mol. The molecule has 0 spiro atoms. The topological polar surface area (TPSA) is 87.5 Å². The summed E-state index contributed by atoms with van der Waals surface area (Å²) >= 11 is 1.77. The number of nitrogens with zero attached hydrogens (tertiary/aromatic N) is 2. The van der Waals surface area contributed by atoms with Crippen LogP contribution in [0.25, 0.3) is 0 Å². The Balaban J connectivity index is 1.32. The van der Waals surface area contributed by atoms with E-state index in [1.165, 1.54) is 10.9 Å². The molecule has 0 bridgehead atoms. The predicted octanol–water partition coefficient (Wildman–Crippen LogP) is 3.87. The molecule has 1 aromatic carbocycles. The van der Waals surface area contributed by atoms with Crippen LogP contribution in [0.2, 0.25) is 0 Å². The highest BCUT2D eigenvalue weighted by Gasteiger charge is 2.26. The number of nitrogens with one attached hydrogen (secondary N) is 2. The van der Waals surface area contributed by atoms with E-state index < -0.39 is 4.92 Å². The third-order valence-corrected chi connectivity index (χ3v) is 6.37. The van der Waals surface area contributed by atoms with Crippen LogP contribution in [-0.2, 0) is 6.54 Å². The van der Waals surface area contributed by atoms with Gasteiger partial charge in [0.1, 0.15) is 5.69 Å². The Labute approximate surface area is 174 Å². The van der Waals surface area contributed by atoms with Crippen molar-refractivity contribution in [3.05, 3.63) is 56.3 Å². The first-order valence-corrected chi connectivity index (χ1v) is 11.0.